The molecule has 0 fully saturated rings. The predicted octanol–water partition coefficient (Wildman–Crippen LogP) is 1.34. The van der Waals surface area contributed by atoms with Crippen LogP contribution in [0.1, 0.15) is 0 Å². The fraction of sp³-hybridized carbons (Fsp3) is 0.200. The highest BCUT2D eigenvalue weighted by atomic mass is 16.6. The Labute approximate surface area is 91.9 Å². The first kappa shape index (κ1) is 10.3. The normalized spacial score (nSPS) is 10.1. The Kier molecular flexibility index (Phi) is 2.63. The zero-order valence-electron chi connectivity index (χ0n) is 8.93. The van der Waals surface area contributed by atoms with Gasteiger partial charge in [0.15, 0.2) is 23.0 Å². The van der Waals surface area contributed by atoms with Crippen LogP contribution in [-0.4, -0.2) is 24.5 Å². The van der Waals surface area contributed by atoms with Crippen molar-refractivity contribution in [2.24, 2.45) is 0 Å². The molecule has 84 valence electrons. The van der Waals surface area contributed by atoms with Crippen molar-refractivity contribution in [2.75, 3.05) is 20.0 Å². The minimum Gasteiger partial charge on any atom is -0.493 e. The molecule has 16 heavy (non-hydrogen) atoms. The van der Waals surface area contributed by atoms with E-state index in [1.165, 1.54) is 0 Å². The monoisotopic (exact) mass is 221 g/mol. The largest absolute Gasteiger partial charge is 0.493 e. The maximum atomic E-state index is 5.60. The third-order valence-corrected chi connectivity index (χ3v) is 2.17. The summed E-state index contributed by atoms with van der Waals surface area (Å²) >= 11 is 0. The van der Waals surface area contributed by atoms with Crippen molar-refractivity contribution in [2.45, 2.75) is 0 Å². The summed E-state index contributed by atoms with van der Waals surface area (Å²) in [6.45, 7) is 0. The number of anilines is 1. The van der Waals surface area contributed by atoms with Gasteiger partial charge >= 0.3 is 0 Å². The lowest BCUT2D eigenvalue weighted by Gasteiger charge is -2.07. The third kappa shape index (κ3) is 1.65. The Balaban J connectivity index is 2.48. The molecule has 0 radical (unpaired) electrons. The molecule has 0 saturated carbocycles. The van der Waals surface area contributed by atoms with Gasteiger partial charge in [0, 0.05) is 5.56 Å². The van der Waals surface area contributed by atoms with Gasteiger partial charge in [0.25, 0.3) is 0 Å². The quantitative estimate of drug-likeness (QED) is 0.841. The smallest absolute Gasteiger partial charge is 0.196 e. The summed E-state index contributed by atoms with van der Waals surface area (Å²) in [5, 5.41) is 7.22. The zero-order chi connectivity index (χ0) is 11.5. The number of nitrogens with zero attached hydrogens (tertiary/aromatic N) is 2. The second kappa shape index (κ2) is 4.09. The lowest BCUT2D eigenvalue weighted by molar-refractivity contribution is 0.310. The summed E-state index contributed by atoms with van der Waals surface area (Å²) in [5.41, 5.74) is 6.84. The van der Waals surface area contributed by atoms with Crippen LogP contribution in [0.5, 0.6) is 11.5 Å². The molecule has 2 N–H and O–H groups in total. The maximum absolute atomic E-state index is 5.60. The molecule has 0 bridgehead atoms. The van der Waals surface area contributed by atoms with Gasteiger partial charge in [-0.1, -0.05) is 0 Å². The van der Waals surface area contributed by atoms with Gasteiger partial charge < -0.3 is 15.2 Å². The molecule has 0 aliphatic heterocycles. The van der Waals surface area contributed by atoms with Crippen LogP contribution in [0.3, 0.4) is 0 Å². The van der Waals surface area contributed by atoms with E-state index in [1.54, 1.807) is 32.4 Å². The van der Waals surface area contributed by atoms with E-state index in [0.717, 1.165) is 5.56 Å². The molecular formula is C10H11N3O3. The van der Waals surface area contributed by atoms with E-state index in [0.29, 0.717) is 17.2 Å². The van der Waals surface area contributed by atoms with Crippen LogP contribution in [-0.2, 0) is 0 Å². The SMILES string of the molecule is COc1ccc(-c2nonc2N)cc1OC. The Hall–Kier alpha value is -2.24. The van der Waals surface area contributed by atoms with Crippen LogP contribution in [0.25, 0.3) is 11.3 Å². The molecule has 0 aliphatic carbocycles. The summed E-state index contributed by atoms with van der Waals surface area (Å²) < 4.78 is 14.8. The number of aromatic nitrogens is 2. The Morgan fingerprint density at radius 1 is 1.12 bits per heavy atom. The number of rotatable bonds is 3. The number of hydrogen-bond acceptors (Lipinski definition) is 6. The molecule has 6 nitrogen and oxygen atoms in total. The van der Waals surface area contributed by atoms with Crippen LogP contribution in [0, 0.1) is 0 Å². The van der Waals surface area contributed by atoms with Crippen LogP contribution in [0.15, 0.2) is 22.8 Å². The predicted molar refractivity (Wildman–Crippen MR) is 57.3 cm³/mol. The first-order chi connectivity index (χ1) is 7.76. The summed E-state index contributed by atoms with van der Waals surface area (Å²) in [5.74, 6) is 1.48. The highest BCUT2D eigenvalue weighted by molar-refractivity contribution is 5.71. The van der Waals surface area contributed by atoms with Crippen molar-refractivity contribution in [3.63, 3.8) is 0 Å². The molecule has 1 aromatic carbocycles. The fourth-order valence-corrected chi connectivity index (χ4v) is 1.38. The molecule has 2 rings (SSSR count). The van der Waals surface area contributed by atoms with Gasteiger partial charge in [-0.25, -0.2) is 4.63 Å². The fourth-order valence-electron chi connectivity index (χ4n) is 1.38. The average molecular weight is 221 g/mol. The van der Waals surface area contributed by atoms with Crippen molar-refractivity contribution in [3.05, 3.63) is 18.2 Å². The molecule has 0 aliphatic rings. The van der Waals surface area contributed by atoms with Gasteiger partial charge in [-0.15, -0.1) is 0 Å². The van der Waals surface area contributed by atoms with Gasteiger partial charge in [-0.3, -0.25) is 0 Å². The van der Waals surface area contributed by atoms with Crippen LogP contribution >= 0.6 is 0 Å². The molecule has 1 aromatic heterocycles. The number of ether oxygens (including phenoxy) is 2. The zero-order valence-corrected chi connectivity index (χ0v) is 8.93. The molecule has 2 aromatic rings. The number of hydrogen-bond donors (Lipinski definition) is 1. The van der Waals surface area contributed by atoms with Crippen LogP contribution in [0.2, 0.25) is 0 Å². The van der Waals surface area contributed by atoms with Crippen molar-refractivity contribution in [1.29, 1.82) is 0 Å². The number of nitrogen functional groups attached to an aromatic ring is 1. The van der Waals surface area contributed by atoms with Gasteiger partial charge in [-0.2, -0.15) is 0 Å². The van der Waals surface area contributed by atoms with Crippen molar-refractivity contribution in [1.82, 2.24) is 10.3 Å². The Morgan fingerprint density at radius 2 is 1.88 bits per heavy atom. The molecule has 1 heterocycles. The molecule has 0 amide bonds. The van der Waals surface area contributed by atoms with Gasteiger partial charge in [0.1, 0.15) is 0 Å². The Bertz CT molecular complexity index is 496. The van der Waals surface area contributed by atoms with Crippen molar-refractivity contribution in [3.8, 4) is 22.8 Å². The first-order valence-electron chi connectivity index (χ1n) is 4.56. The Morgan fingerprint density at radius 3 is 2.44 bits per heavy atom. The average Bonchev–Trinajstić information content (AvgIpc) is 2.74. The van der Waals surface area contributed by atoms with E-state index in [4.69, 9.17) is 15.2 Å². The molecule has 6 heteroatoms. The van der Waals surface area contributed by atoms with E-state index in [1.807, 2.05) is 0 Å². The minimum atomic E-state index is 0.243. The van der Waals surface area contributed by atoms with Crippen molar-refractivity contribution >= 4 is 5.82 Å². The standard InChI is InChI=1S/C10H11N3O3/c1-14-7-4-3-6(5-8(7)15-2)9-10(11)13-16-12-9/h3-5H,1-2H3,(H2,11,13). The van der Waals surface area contributed by atoms with Gasteiger partial charge in [0.2, 0.25) is 0 Å². The lowest BCUT2D eigenvalue weighted by atomic mass is 10.1. The third-order valence-electron chi connectivity index (χ3n) is 2.17. The number of nitrogens with two attached hydrogens (primary N) is 1. The van der Waals surface area contributed by atoms with E-state index < -0.39 is 0 Å². The molecule has 0 saturated heterocycles. The topological polar surface area (TPSA) is 83.4 Å². The first-order valence-corrected chi connectivity index (χ1v) is 4.56. The van der Waals surface area contributed by atoms with Crippen LogP contribution in [0.4, 0.5) is 5.82 Å². The van der Waals surface area contributed by atoms with E-state index in [9.17, 15) is 0 Å². The van der Waals surface area contributed by atoms with E-state index in [-0.39, 0.29) is 5.82 Å². The number of methoxy groups -OCH3 is 2. The molecular weight excluding hydrogens is 210 g/mol. The second-order valence-corrected chi connectivity index (χ2v) is 3.07. The highest BCUT2D eigenvalue weighted by Gasteiger charge is 2.12. The minimum absolute atomic E-state index is 0.243. The van der Waals surface area contributed by atoms with Crippen molar-refractivity contribution < 1.29 is 14.1 Å². The van der Waals surface area contributed by atoms with E-state index in [2.05, 4.69) is 14.9 Å². The lowest BCUT2D eigenvalue weighted by Crippen LogP contribution is -1.92. The second-order valence-electron chi connectivity index (χ2n) is 3.07. The summed E-state index contributed by atoms with van der Waals surface area (Å²) in [4.78, 5) is 0. The number of benzene rings is 1. The van der Waals surface area contributed by atoms with Gasteiger partial charge in [-0.05, 0) is 28.5 Å². The van der Waals surface area contributed by atoms with E-state index >= 15 is 0 Å². The summed E-state index contributed by atoms with van der Waals surface area (Å²) in [6, 6.07) is 5.33. The molecule has 0 spiro atoms. The van der Waals surface area contributed by atoms with Crippen LogP contribution < -0.4 is 15.2 Å². The summed E-state index contributed by atoms with van der Waals surface area (Å²) in [6.07, 6.45) is 0. The van der Waals surface area contributed by atoms with Gasteiger partial charge in [0.05, 0.1) is 14.2 Å². The molecule has 0 unspecified atom stereocenters. The maximum Gasteiger partial charge on any atom is 0.196 e. The molecule has 0 atom stereocenters. The summed E-state index contributed by atoms with van der Waals surface area (Å²) in [7, 11) is 3.13. The highest BCUT2D eigenvalue weighted by Crippen LogP contribution is 2.32.